The maximum Gasteiger partial charge on any atom is 0.573 e. The van der Waals surface area contributed by atoms with Gasteiger partial charge in [0.25, 0.3) is 11.8 Å². The zero-order chi connectivity index (χ0) is 20.0. The molecule has 0 saturated carbocycles. The molecule has 5 nitrogen and oxygen atoms in total. The molecule has 0 aliphatic carbocycles. The Labute approximate surface area is 154 Å². The summed E-state index contributed by atoms with van der Waals surface area (Å²) in [6.07, 6.45) is -4.79. The van der Waals surface area contributed by atoms with Crippen LogP contribution in [0.3, 0.4) is 0 Å². The molecule has 27 heavy (non-hydrogen) atoms. The van der Waals surface area contributed by atoms with E-state index in [0.717, 1.165) is 12.1 Å². The highest BCUT2D eigenvalue weighted by Gasteiger charge is 2.31. The molecule has 0 heterocycles. The Bertz CT molecular complexity index is 801. The Kier molecular flexibility index (Phi) is 6.44. The summed E-state index contributed by atoms with van der Waals surface area (Å²) in [5, 5.41) is 2.62. The molecule has 0 aromatic heterocycles. The molecule has 2 aromatic rings. The lowest BCUT2D eigenvalue weighted by molar-refractivity contribution is -0.274. The molecule has 144 valence electrons. The molecule has 8 heteroatoms. The molecule has 2 amide bonds. The minimum atomic E-state index is -4.79. The van der Waals surface area contributed by atoms with Gasteiger partial charge in [-0.15, -0.1) is 13.2 Å². The average molecular weight is 380 g/mol. The summed E-state index contributed by atoms with van der Waals surface area (Å²) < 4.78 is 40.3. The van der Waals surface area contributed by atoms with Crippen molar-refractivity contribution in [2.75, 3.05) is 18.4 Å². The van der Waals surface area contributed by atoms with Crippen molar-refractivity contribution in [2.45, 2.75) is 20.2 Å². The van der Waals surface area contributed by atoms with E-state index in [1.54, 1.807) is 29.2 Å². The second-order valence-corrected chi connectivity index (χ2v) is 5.58. The topological polar surface area (TPSA) is 58.6 Å². The third-order valence-corrected chi connectivity index (χ3v) is 3.77. The number of rotatable bonds is 6. The molecule has 2 rings (SSSR count). The van der Waals surface area contributed by atoms with Crippen LogP contribution in [0.5, 0.6) is 5.75 Å². The van der Waals surface area contributed by atoms with E-state index < -0.39 is 18.0 Å². The summed E-state index contributed by atoms with van der Waals surface area (Å²) in [5.41, 5.74) is 1.00. The number of nitrogens with one attached hydrogen (secondary N) is 1. The lowest BCUT2D eigenvalue weighted by Crippen LogP contribution is -2.30. The summed E-state index contributed by atoms with van der Waals surface area (Å²) in [4.78, 5) is 26.3. The fourth-order valence-electron chi connectivity index (χ4n) is 2.43. The van der Waals surface area contributed by atoms with Gasteiger partial charge < -0.3 is 15.0 Å². The molecule has 0 spiro atoms. The minimum Gasteiger partial charge on any atom is -0.406 e. The molecule has 0 aliphatic rings. The van der Waals surface area contributed by atoms with Gasteiger partial charge in [-0.1, -0.05) is 6.07 Å². The monoisotopic (exact) mass is 380 g/mol. The maximum absolute atomic E-state index is 12.4. The van der Waals surface area contributed by atoms with Crippen LogP contribution >= 0.6 is 0 Å². The number of ether oxygens (including phenoxy) is 1. The fraction of sp³-hybridized carbons (Fsp3) is 0.263. The Morgan fingerprint density at radius 2 is 1.63 bits per heavy atom. The van der Waals surface area contributed by atoms with Gasteiger partial charge in [0.15, 0.2) is 0 Å². The first-order chi connectivity index (χ1) is 12.7. The summed E-state index contributed by atoms with van der Waals surface area (Å²) in [5.74, 6) is -1.07. The highest BCUT2D eigenvalue weighted by molar-refractivity contribution is 6.05. The van der Waals surface area contributed by atoms with Crippen LogP contribution in [0, 0.1) is 0 Å². The van der Waals surface area contributed by atoms with E-state index in [0.29, 0.717) is 24.3 Å². The van der Waals surface area contributed by atoms with Crippen LogP contribution in [0.25, 0.3) is 0 Å². The quantitative estimate of drug-likeness (QED) is 0.812. The molecule has 0 atom stereocenters. The van der Waals surface area contributed by atoms with Crippen LogP contribution in [0.4, 0.5) is 18.9 Å². The second-order valence-electron chi connectivity index (χ2n) is 5.58. The number of hydrogen-bond acceptors (Lipinski definition) is 3. The van der Waals surface area contributed by atoms with Crippen LogP contribution in [0.2, 0.25) is 0 Å². The number of nitrogens with zero attached hydrogens (tertiary/aromatic N) is 1. The molecule has 0 bridgehead atoms. The first kappa shape index (κ1) is 20.3. The first-order valence-corrected chi connectivity index (χ1v) is 8.30. The lowest BCUT2D eigenvalue weighted by Gasteiger charge is -2.19. The van der Waals surface area contributed by atoms with Crippen LogP contribution in [0.15, 0.2) is 48.5 Å². The Balaban J connectivity index is 2.09. The van der Waals surface area contributed by atoms with Gasteiger partial charge in [0.2, 0.25) is 0 Å². The van der Waals surface area contributed by atoms with E-state index in [1.807, 2.05) is 13.8 Å². The molecule has 0 unspecified atom stereocenters. The highest BCUT2D eigenvalue weighted by atomic mass is 19.4. The van der Waals surface area contributed by atoms with Gasteiger partial charge in [-0.3, -0.25) is 9.59 Å². The largest absolute Gasteiger partial charge is 0.573 e. The van der Waals surface area contributed by atoms with E-state index in [4.69, 9.17) is 0 Å². The van der Waals surface area contributed by atoms with Gasteiger partial charge in [-0.05, 0) is 56.3 Å². The Morgan fingerprint density at radius 3 is 2.19 bits per heavy atom. The van der Waals surface area contributed by atoms with Gasteiger partial charge in [0.05, 0.1) is 0 Å². The van der Waals surface area contributed by atoms with Gasteiger partial charge >= 0.3 is 6.36 Å². The number of alkyl halides is 3. The van der Waals surface area contributed by atoms with E-state index in [2.05, 4.69) is 10.1 Å². The van der Waals surface area contributed by atoms with Gasteiger partial charge in [0, 0.05) is 29.9 Å². The fourth-order valence-corrected chi connectivity index (χ4v) is 2.43. The molecular weight excluding hydrogens is 361 g/mol. The van der Waals surface area contributed by atoms with E-state index in [-0.39, 0.29) is 11.5 Å². The number of benzene rings is 2. The van der Waals surface area contributed by atoms with Crippen molar-refractivity contribution in [2.24, 2.45) is 0 Å². The van der Waals surface area contributed by atoms with Crippen LogP contribution in [0.1, 0.15) is 34.6 Å². The molecule has 2 aromatic carbocycles. The summed E-state index contributed by atoms with van der Waals surface area (Å²) in [6.45, 7) is 4.88. The number of carbonyl (C=O) groups excluding carboxylic acids is 2. The summed E-state index contributed by atoms with van der Waals surface area (Å²) >= 11 is 0. The van der Waals surface area contributed by atoms with Crippen molar-refractivity contribution < 1.29 is 27.5 Å². The van der Waals surface area contributed by atoms with E-state index in [1.165, 1.54) is 12.1 Å². The highest BCUT2D eigenvalue weighted by Crippen LogP contribution is 2.23. The van der Waals surface area contributed by atoms with Crippen LogP contribution in [-0.2, 0) is 0 Å². The summed E-state index contributed by atoms with van der Waals surface area (Å²) in [7, 11) is 0. The van der Waals surface area contributed by atoms with Crippen LogP contribution < -0.4 is 10.1 Å². The molecule has 0 radical (unpaired) electrons. The SMILES string of the molecule is CCN(CC)C(=O)c1cccc(NC(=O)c2ccc(OC(F)(F)F)cc2)c1. The van der Waals surface area contributed by atoms with Crippen molar-refractivity contribution >= 4 is 17.5 Å². The minimum absolute atomic E-state index is 0.148. The van der Waals surface area contributed by atoms with Gasteiger partial charge in [-0.2, -0.15) is 0 Å². The standard InChI is InChI=1S/C19H19F3N2O3/c1-3-24(4-2)18(26)14-6-5-7-15(12-14)23-17(25)13-8-10-16(11-9-13)27-19(20,21)22/h5-12H,3-4H2,1-2H3,(H,23,25). The first-order valence-electron chi connectivity index (χ1n) is 8.30. The smallest absolute Gasteiger partial charge is 0.406 e. The Morgan fingerprint density at radius 1 is 1.00 bits per heavy atom. The van der Waals surface area contributed by atoms with Gasteiger partial charge in [0.1, 0.15) is 5.75 Å². The molecule has 1 N–H and O–H groups in total. The predicted molar refractivity (Wildman–Crippen MR) is 94.8 cm³/mol. The number of amides is 2. The number of carbonyl (C=O) groups is 2. The number of halogens is 3. The predicted octanol–water partition coefficient (Wildman–Crippen LogP) is 4.32. The molecule has 0 saturated heterocycles. The third kappa shape index (κ3) is 5.73. The van der Waals surface area contributed by atoms with E-state index >= 15 is 0 Å². The zero-order valence-electron chi connectivity index (χ0n) is 14.8. The van der Waals surface area contributed by atoms with Crippen molar-refractivity contribution in [3.63, 3.8) is 0 Å². The van der Waals surface area contributed by atoms with Crippen molar-refractivity contribution in [1.29, 1.82) is 0 Å². The third-order valence-electron chi connectivity index (χ3n) is 3.77. The molecule has 0 aliphatic heterocycles. The van der Waals surface area contributed by atoms with Crippen molar-refractivity contribution in [3.05, 3.63) is 59.7 Å². The van der Waals surface area contributed by atoms with E-state index in [9.17, 15) is 22.8 Å². The lowest BCUT2D eigenvalue weighted by atomic mass is 10.1. The molecule has 0 fully saturated rings. The number of anilines is 1. The summed E-state index contributed by atoms with van der Waals surface area (Å²) in [6, 6.07) is 11.0. The maximum atomic E-state index is 12.4. The zero-order valence-corrected chi connectivity index (χ0v) is 14.8. The number of hydrogen-bond donors (Lipinski definition) is 1. The second kappa shape index (κ2) is 8.57. The van der Waals surface area contributed by atoms with Crippen molar-refractivity contribution in [1.82, 2.24) is 4.90 Å². The van der Waals surface area contributed by atoms with Crippen LogP contribution in [-0.4, -0.2) is 36.2 Å². The Hall–Kier alpha value is -3.03. The normalized spacial score (nSPS) is 11.0. The van der Waals surface area contributed by atoms with Gasteiger partial charge in [-0.25, -0.2) is 0 Å². The molecular formula is C19H19F3N2O3. The van der Waals surface area contributed by atoms with Crippen molar-refractivity contribution in [3.8, 4) is 5.75 Å². The average Bonchev–Trinajstić information content (AvgIpc) is 2.62.